The van der Waals surface area contributed by atoms with Crippen LogP contribution < -0.4 is 5.32 Å². The van der Waals surface area contributed by atoms with Gasteiger partial charge >= 0.3 is 5.97 Å². The molecule has 6 atom stereocenters. The fraction of sp³-hybridized carbons (Fsp3) is 0.905. The van der Waals surface area contributed by atoms with E-state index in [9.17, 15) is 19.8 Å². The molecule has 29 heavy (non-hydrogen) atoms. The average Bonchev–Trinajstić information content (AvgIpc) is 3.21. The number of ether oxygens (including phenoxy) is 2. The highest BCUT2D eigenvalue weighted by atomic mass is 16.7. The molecular weight excluding hydrogens is 376 g/mol. The number of carboxylic acids is 1. The van der Waals surface area contributed by atoms with E-state index in [2.05, 4.69) is 5.32 Å². The van der Waals surface area contributed by atoms with Crippen LogP contribution in [0.2, 0.25) is 0 Å². The van der Waals surface area contributed by atoms with Crippen molar-refractivity contribution >= 4 is 11.9 Å². The Morgan fingerprint density at radius 2 is 2.03 bits per heavy atom. The van der Waals surface area contributed by atoms with Crippen LogP contribution in [0.5, 0.6) is 0 Å². The first-order valence-corrected chi connectivity index (χ1v) is 11.0. The second kappa shape index (κ2) is 9.73. The third kappa shape index (κ3) is 5.10. The molecule has 1 unspecified atom stereocenters. The zero-order valence-electron chi connectivity index (χ0n) is 17.6. The van der Waals surface area contributed by atoms with Crippen LogP contribution in [0.25, 0.3) is 0 Å². The van der Waals surface area contributed by atoms with Gasteiger partial charge in [0.25, 0.3) is 0 Å². The van der Waals surface area contributed by atoms with Gasteiger partial charge in [-0.15, -0.1) is 0 Å². The molecule has 3 N–H and O–H groups in total. The predicted octanol–water partition coefficient (Wildman–Crippen LogP) is 1.57. The monoisotopic (exact) mass is 412 g/mol. The third-order valence-corrected chi connectivity index (χ3v) is 6.98. The van der Waals surface area contributed by atoms with Crippen LogP contribution in [0.15, 0.2) is 0 Å². The topological polar surface area (TPSA) is 108 Å². The van der Waals surface area contributed by atoms with Gasteiger partial charge < -0.3 is 25.0 Å². The lowest BCUT2D eigenvalue weighted by atomic mass is 9.92. The number of carboxylic acid groups (broad SMARTS) is 1. The van der Waals surface area contributed by atoms with E-state index in [1.165, 1.54) is 0 Å². The van der Waals surface area contributed by atoms with Crippen molar-refractivity contribution in [2.75, 3.05) is 27.0 Å². The molecule has 2 aliphatic carbocycles. The standard InChI is InChI=1S/C21H36N2O6/c1-3-28-13-29-15-10-16-17(11-15)19(25)23(2)9-7-5-4-6-8-14-12-21(14,20(26)27)22-18(16)24/h14-17,19,25H,3-13H2,1-2H3,(H,22,24)(H,26,27)/t14-,15-,16-,17-,19?,21-/m1/s1. The van der Waals surface area contributed by atoms with Gasteiger partial charge in [0, 0.05) is 25.0 Å². The zero-order valence-corrected chi connectivity index (χ0v) is 17.6. The Bertz CT molecular complexity index is 588. The summed E-state index contributed by atoms with van der Waals surface area (Å²) < 4.78 is 11.0. The van der Waals surface area contributed by atoms with Gasteiger partial charge in [0.1, 0.15) is 18.6 Å². The molecule has 3 rings (SSSR count). The van der Waals surface area contributed by atoms with E-state index in [1.807, 2.05) is 18.9 Å². The molecule has 3 aliphatic rings. The molecule has 8 nitrogen and oxygen atoms in total. The second-order valence-electron chi connectivity index (χ2n) is 8.90. The third-order valence-electron chi connectivity index (χ3n) is 6.98. The molecule has 0 aromatic carbocycles. The minimum atomic E-state index is -1.13. The zero-order chi connectivity index (χ0) is 21.0. The lowest BCUT2D eigenvalue weighted by Gasteiger charge is -2.32. The van der Waals surface area contributed by atoms with Crippen molar-refractivity contribution in [3.05, 3.63) is 0 Å². The summed E-state index contributed by atoms with van der Waals surface area (Å²) in [6.07, 6.45) is 5.47. The van der Waals surface area contributed by atoms with Gasteiger partial charge in [-0.1, -0.05) is 19.3 Å². The van der Waals surface area contributed by atoms with Crippen molar-refractivity contribution in [3.8, 4) is 0 Å². The molecule has 1 aliphatic heterocycles. The number of carbonyl (C=O) groups is 2. The number of aliphatic carboxylic acids is 1. The molecule has 0 bridgehead atoms. The van der Waals surface area contributed by atoms with Crippen LogP contribution >= 0.6 is 0 Å². The van der Waals surface area contributed by atoms with Crippen molar-refractivity contribution in [3.63, 3.8) is 0 Å². The Balaban J connectivity index is 1.76. The molecule has 0 radical (unpaired) electrons. The summed E-state index contributed by atoms with van der Waals surface area (Å²) in [5.41, 5.74) is -1.13. The number of amides is 1. The number of aliphatic hydroxyl groups is 1. The molecule has 166 valence electrons. The van der Waals surface area contributed by atoms with Gasteiger partial charge in [-0.05, 0) is 52.0 Å². The Labute approximate surface area is 172 Å². The Morgan fingerprint density at radius 1 is 1.28 bits per heavy atom. The number of fused-ring (bicyclic) bond motifs is 2. The van der Waals surface area contributed by atoms with E-state index >= 15 is 0 Å². The lowest BCUT2D eigenvalue weighted by molar-refractivity contribution is -0.145. The highest BCUT2D eigenvalue weighted by Crippen LogP contribution is 2.48. The molecule has 1 amide bonds. The molecule has 0 spiro atoms. The highest BCUT2D eigenvalue weighted by Gasteiger charge is 2.62. The first-order chi connectivity index (χ1) is 13.9. The number of aliphatic hydroxyl groups excluding tert-OH is 1. The van der Waals surface area contributed by atoms with Crippen LogP contribution in [-0.2, 0) is 19.1 Å². The number of hydrogen-bond acceptors (Lipinski definition) is 6. The quantitative estimate of drug-likeness (QED) is 0.465. The van der Waals surface area contributed by atoms with Gasteiger partial charge in [0.15, 0.2) is 0 Å². The molecule has 1 heterocycles. The summed E-state index contributed by atoms with van der Waals surface area (Å²) in [4.78, 5) is 27.0. The van der Waals surface area contributed by atoms with Crippen molar-refractivity contribution in [1.29, 1.82) is 0 Å². The fourth-order valence-electron chi connectivity index (χ4n) is 5.04. The largest absolute Gasteiger partial charge is 0.479 e. The van der Waals surface area contributed by atoms with Crippen LogP contribution in [0.3, 0.4) is 0 Å². The summed E-state index contributed by atoms with van der Waals surface area (Å²) in [6.45, 7) is 3.38. The maximum Gasteiger partial charge on any atom is 0.329 e. The smallest absolute Gasteiger partial charge is 0.329 e. The van der Waals surface area contributed by atoms with Gasteiger partial charge in [0.05, 0.1) is 6.10 Å². The second-order valence-corrected chi connectivity index (χ2v) is 8.90. The maximum atomic E-state index is 13.1. The Hall–Kier alpha value is -1.22. The molecule has 3 fully saturated rings. The number of nitrogens with one attached hydrogen (secondary N) is 1. The van der Waals surface area contributed by atoms with Crippen molar-refractivity contribution < 1.29 is 29.3 Å². The molecule has 1 saturated heterocycles. The van der Waals surface area contributed by atoms with Crippen LogP contribution in [0.1, 0.15) is 58.3 Å². The molecule has 0 aromatic heterocycles. The van der Waals surface area contributed by atoms with Crippen molar-refractivity contribution in [2.45, 2.75) is 76.2 Å². The summed E-state index contributed by atoms with van der Waals surface area (Å²) in [5, 5.41) is 23.6. The van der Waals surface area contributed by atoms with Crippen LogP contribution in [0, 0.1) is 17.8 Å². The van der Waals surface area contributed by atoms with Gasteiger partial charge in [-0.25, -0.2) is 4.79 Å². The first-order valence-electron chi connectivity index (χ1n) is 11.0. The summed E-state index contributed by atoms with van der Waals surface area (Å²) >= 11 is 0. The van der Waals surface area contributed by atoms with E-state index in [-0.39, 0.29) is 30.6 Å². The fourth-order valence-corrected chi connectivity index (χ4v) is 5.04. The van der Waals surface area contributed by atoms with Gasteiger partial charge in [-0.3, -0.25) is 9.69 Å². The van der Waals surface area contributed by atoms with Crippen molar-refractivity contribution in [2.24, 2.45) is 17.8 Å². The lowest BCUT2D eigenvalue weighted by Crippen LogP contribution is -2.50. The van der Waals surface area contributed by atoms with Gasteiger partial charge in [0.2, 0.25) is 5.91 Å². The maximum absolute atomic E-state index is 13.1. The number of hydrogen-bond donors (Lipinski definition) is 3. The van der Waals surface area contributed by atoms with E-state index in [0.29, 0.717) is 25.9 Å². The summed E-state index contributed by atoms with van der Waals surface area (Å²) in [6, 6.07) is 0. The summed E-state index contributed by atoms with van der Waals surface area (Å²) in [7, 11) is 1.88. The van der Waals surface area contributed by atoms with E-state index in [4.69, 9.17) is 9.47 Å². The Morgan fingerprint density at radius 3 is 2.76 bits per heavy atom. The summed E-state index contributed by atoms with van der Waals surface area (Å²) in [5.74, 6) is -1.98. The minimum absolute atomic E-state index is 0.00402. The molecular formula is C21H36N2O6. The predicted molar refractivity (Wildman–Crippen MR) is 106 cm³/mol. The molecule has 8 heteroatoms. The molecule has 2 saturated carbocycles. The van der Waals surface area contributed by atoms with Crippen LogP contribution in [0.4, 0.5) is 0 Å². The molecule has 0 aromatic rings. The minimum Gasteiger partial charge on any atom is -0.479 e. The van der Waals surface area contributed by atoms with E-state index in [0.717, 1.165) is 38.6 Å². The number of carbonyl (C=O) groups excluding carboxylic acids is 1. The van der Waals surface area contributed by atoms with Crippen molar-refractivity contribution in [1.82, 2.24) is 10.2 Å². The SMILES string of the molecule is CCOCO[C@@H]1C[C@H]2C(=O)N[C@]3(C(=O)O)C[C@H]3CCCCCCN(C)C(O)[C@@H]2C1. The van der Waals surface area contributed by atoms with Gasteiger partial charge in [-0.2, -0.15) is 0 Å². The average molecular weight is 413 g/mol. The number of nitrogens with zero attached hydrogens (tertiary/aromatic N) is 1. The highest BCUT2D eigenvalue weighted by molar-refractivity contribution is 5.91. The first kappa shape index (κ1) is 22.5. The number of rotatable bonds is 5. The van der Waals surface area contributed by atoms with E-state index < -0.39 is 23.7 Å². The normalized spacial score (nSPS) is 39.1. The Kier molecular flexibility index (Phi) is 7.53. The van der Waals surface area contributed by atoms with Crippen LogP contribution in [-0.4, -0.2) is 71.9 Å². The van der Waals surface area contributed by atoms with E-state index in [1.54, 1.807) is 0 Å².